The first kappa shape index (κ1) is 19.6. The summed E-state index contributed by atoms with van der Waals surface area (Å²) < 4.78 is 5.26. The van der Waals surface area contributed by atoms with Crippen molar-refractivity contribution in [2.45, 2.75) is 31.6 Å². The number of nitrogens with one attached hydrogen (secondary N) is 2. The Hall–Kier alpha value is -3.39. The van der Waals surface area contributed by atoms with E-state index in [1.165, 1.54) is 4.88 Å². The monoisotopic (exact) mass is 435 g/mol. The number of ether oxygens (including phenoxy) is 1. The lowest BCUT2D eigenvalue weighted by Gasteiger charge is -2.34. The van der Waals surface area contributed by atoms with Crippen molar-refractivity contribution in [3.05, 3.63) is 74.7 Å². The van der Waals surface area contributed by atoms with Crippen LogP contribution in [0.15, 0.2) is 53.0 Å². The number of aromatic nitrogens is 2. The van der Waals surface area contributed by atoms with Crippen LogP contribution in [0.5, 0.6) is 5.75 Å². The first-order valence-corrected chi connectivity index (χ1v) is 10.9. The number of Topliss-reactive ketones (excluding diaryl/α,β-unsaturated/α-hetero) is 1. The lowest BCUT2D eigenvalue weighted by atomic mass is 9.73. The Bertz CT molecular complexity index is 1180. The third kappa shape index (κ3) is 3.53. The van der Waals surface area contributed by atoms with Gasteiger partial charge in [0.2, 0.25) is 0 Å². The van der Waals surface area contributed by atoms with Crippen molar-refractivity contribution >= 4 is 28.9 Å². The molecule has 0 fully saturated rings. The zero-order valence-electron chi connectivity index (χ0n) is 16.8. The molecular formula is C23H21N3O4S. The summed E-state index contributed by atoms with van der Waals surface area (Å²) in [5.41, 5.74) is 4.57. The van der Waals surface area contributed by atoms with Crippen LogP contribution in [0.2, 0.25) is 0 Å². The maximum Gasteiger partial charge on any atom is 0.341 e. The van der Waals surface area contributed by atoms with Crippen molar-refractivity contribution in [2.24, 2.45) is 0 Å². The van der Waals surface area contributed by atoms with E-state index in [-0.39, 0.29) is 17.6 Å². The molecule has 0 bridgehead atoms. The Morgan fingerprint density at radius 3 is 2.77 bits per heavy atom. The molecular weight excluding hydrogens is 414 g/mol. The Kier molecular flexibility index (Phi) is 4.86. The second-order valence-electron chi connectivity index (χ2n) is 7.86. The van der Waals surface area contributed by atoms with Crippen LogP contribution >= 0.6 is 11.3 Å². The van der Waals surface area contributed by atoms with Gasteiger partial charge < -0.3 is 15.2 Å². The number of carbonyl (C=O) groups excluding carboxylic acids is 1. The fourth-order valence-electron chi connectivity index (χ4n) is 4.52. The van der Waals surface area contributed by atoms with E-state index in [9.17, 15) is 9.59 Å². The lowest BCUT2D eigenvalue weighted by molar-refractivity contribution is -0.139. The topological polar surface area (TPSA) is 104 Å². The average Bonchev–Trinajstić information content (AvgIpc) is 3.42. The number of benzene rings is 1. The summed E-state index contributed by atoms with van der Waals surface area (Å²) in [5.74, 6) is 0.305. The maximum absolute atomic E-state index is 13.4. The van der Waals surface area contributed by atoms with Gasteiger partial charge in [0.15, 0.2) is 18.2 Å². The van der Waals surface area contributed by atoms with Crippen molar-refractivity contribution in [3.8, 4) is 5.75 Å². The highest BCUT2D eigenvalue weighted by Gasteiger charge is 2.40. The van der Waals surface area contributed by atoms with Crippen LogP contribution in [0.3, 0.4) is 0 Å². The quantitative estimate of drug-likeness (QED) is 0.555. The van der Waals surface area contributed by atoms with Gasteiger partial charge in [0, 0.05) is 45.7 Å². The molecule has 5 rings (SSSR count). The number of carbonyl (C=O) groups is 2. The summed E-state index contributed by atoms with van der Waals surface area (Å²) in [6, 6.07) is 11.4. The van der Waals surface area contributed by atoms with Crippen molar-refractivity contribution in [1.82, 2.24) is 10.2 Å². The predicted molar refractivity (Wildman–Crippen MR) is 117 cm³/mol. The summed E-state index contributed by atoms with van der Waals surface area (Å²) in [7, 11) is 0. The number of hydrogen-bond donors (Lipinski definition) is 3. The van der Waals surface area contributed by atoms with Gasteiger partial charge in [0.1, 0.15) is 5.75 Å². The summed E-state index contributed by atoms with van der Waals surface area (Å²) in [6.07, 6.45) is 1.26. The van der Waals surface area contributed by atoms with Crippen molar-refractivity contribution in [1.29, 1.82) is 0 Å². The number of aliphatic carboxylic acids is 1. The molecule has 3 N–H and O–H groups in total. The summed E-state index contributed by atoms with van der Waals surface area (Å²) in [4.78, 5) is 25.4. The van der Waals surface area contributed by atoms with Gasteiger partial charge >= 0.3 is 5.97 Å². The highest BCUT2D eigenvalue weighted by Crippen LogP contribution is 2.48. The number of aromatic amines is 1. The van der Waals surface area contributed by atoms with Crippen LogP contribution in [-0.2, 0) is 9.59 Å². The van der Waals surface area contributed by atoms with Crippen LogP contribution in [-0.4, -0.2) is 33.7 Å². The molecule has 1 aromatic carbocycles. The van der Waals surface area contributed by atoms with E-state index in [1.54, 1.807) is 23.5 Å². The minimum Gasteiger partial charge on any atom is -0.482 e. The van der Waals surface area contributed by atoms with Crippen LogP contribution in [0, 0.1) is 6.92 Å². The average molecular weight is 436 g/mol. The number of carboxylic acids is 1. The molecule has 2 aliphatic rings. The van der Waals surface area contributed by atoms with Crippen molar-refractivity contribution in [3.63, 3.8) is 0 Å². The van der Waals surface area contributed by atoms with Crippen LogP contribution in [0.25, 0.3) is 0 Å². The number of H-pyrrole nitrogens is 1. The second kappa shape index (κ2) is 7.70. The third-order valence-corrected chi connectivity index (χ3v) is 6.91. The second-order valence-corrected chi connectivity index (χ2v) is 8.84. The van der Waals surface area contributed by atoms with Crippen molar-refractivity contribution in [2.75, 3.05) is 11.9 Å². The van der Waals surface area contributed by atoms with Gasteiger partial charge in [-0.2, -0.15) is 5.10 Å². The number of ketones is 1. The van der Waals surface area contributed by atoms with Crippen molar-refractivity contribution < 1.29 is 19.4 Å². The molecule has 2 atom stereocenters. The summed E-state index contributed by atoms with van der Waals surface area (Å²) in [6.45, 7) is 1.56. The van der Waals surface area contributed by atoms with Gasteiger partial charge in [-0.3, -0.25) is 9.89 Å². The van der Waals surface area contributed by atoms with E-state index < -0.39 is 12.6 Å². The smallest absolute Gasteiger partial charge is 0.341 e. The lowest BCUT2D eigenvalue weighted by Crippen LogP contribution is -2.29. The largest absolute Gasteiger partial charge is 0.482 e. The molecule has 0 spiro atoms. The number of hydrogen-bond acceptors (Lipinski definition) is 6. The number of allylic oxidation sites excluding steroid dienone is 2. The fourth-order valence-corrected chi connectivity index (χ4v) is 5.35. The summed E-state index contributed by atoms with van der Waals surface area (Å²) in [5, 5.41) is 21.8. The zero-order valence-corrected chi connectivity index (χ0v) is 17.7. The molecule has 0 amide bonds. The van der Waals surface area contributed by atoms with Crippen LogP contribution in [0.1, 0.15) is 46.4 Å². The predicted octanol–water partition coefficient (Wildman–Crippen LogP) is 4.20. The first-order chi connectivity index (χ1) is 15.0. The highest BCUT2D eigenvalue weighted by molar-refractivity contribution is 7.10. The molecule has 3 heterocycles. The van der Waals surface area contributed by atoms with Gasteiger partial charge in [-0.05, 0) is 42.5 Å². The third-order valence-electron chi connectivity index (χ3n) is 5.87. The standard InChI is InChI=1S/C23H21N3O4S/c1-12-20-21(13-4-6-15(7-5-13)30-11-19(28)29)22-16(24-23(20)26-25-12)9-14(10-17(22)27)18-3-2-8-31-18/h2-8,14,21H,9-11H2,1H3,(H,28,29)(H2,24,25,26)/t14-,21+/m0/s1. The number of thiophene rings is 1. The number of carboxylic acid groups (broad SMARTS) is 1. The molecule has 2 aromatic heterocycles. The van der Waals surface area contributed by atoms with E-state index in [2.05, 4.69) is 21.6 Å². The van der Waals surface area contributed by atoms with Gasteiger partial charge in [-0.25, -0.2) is 4.79 Å². The molecule has 7 nitrogen and oxygen atoms in total. The van der Waals surface area contributed by atoms with Gasteiger partial charge in [-0.15, -0.1) is 11.3 Å². The molecule has 158 valence electrons. The van der Waals surface area contributed by atoms with Crippen LogP contribution < -0.4 is 10.1 Å². The summed E-state index contributed by atoms with van der Waals surface area (Å²) >= 11 is 1.69. The van der Waals surface area contributed by atoms with E-state index >= 15 is 0 Å². The molecule has 1 aliphatic heterocycles. The minimum absolute atomic E-state index is 0.148. The van der Waals surface area contributed by atoms with E-state index in [0.29, 0.717) is 12.2 Å². The molecule has 0 unspecified atom stereocenters. The number of nitrogens with zero attached hydrogens (tertiary/aromatic N) is 1. The number of anilines is 1. The molecule has 1 aliphatic carbocycles. The number of aryl methyl sites for hydroxylation is 1. The molecule has 0 radical (unpaired) electrons. The maximum atomic E-state index is 13.4. The molecule has 0 saturated heterocycles. The number of rotatable bonds is 5. The Balaban J connectivity index is 1.54. The Morgan fingerprint density at radius 1 is 1.26 bits per heavy atom. The Morgan fingerprint density at radius 2 is 2.06 bits per heavy atom. The van der Waals surface area contributed by atoms with Crippen LogP contribution in [0.4, 0.5) is 5.82 Å². The zero-order chi connectivity index (χ0) is 21.5. The normalized spacial score (nSPS) is 20.1. The van der Waals surface area contributed by atoms with Gasteiger partial charge in [-0.1, -0.05) is 18.2 Å². The van der Waals surface area contributed by atoms with E-state index in [0.717, 1.165) is 40.3 Å². The fraction of sp³-hybridized carbons (Fsp3) is 0.261. The number of fused-ring (bicyclic) bond motifs is 1. The minimum atomic E-state index is -1.02. The SMILES string of the molecule is Cc1[nH]nc2c1[C@@H](c1ccc(OCC(=O)O)cc1)C1=C(C[C@H](c3cccs3)CC1=O)N2. The van der Waals surface area contributed by atoms with E-state index in [4.69, 9.17) is 9.84 Å². The molecule has 3 aromatic rings. The Labute approximate surface area is 182 Å². The van der Waals surface area contributed by atoms with Gasteiger partial charge in [0.05, 0.1) is 0 Å². The molecule has 8 heteroatoms. The first-order valence-electron chi connectivity index (χ1n) is 10.1. The highest BCUT2D eigenvalue weighted by atomic mass is 32.1. The molecule has 0 saturated carbocycles. The van der Waals surface area contributed by atoms with Gasteiger partial charge in [0.25, 0.3) is 0 Å². The molecule has 31 heavy (non-hydrogen) atoms. The van der Waals surface area contributed by atoms with E-state index in [1.807, 2.05) is 30.5 Å².